The normalized spacial score (nSPS) is 19.4. The molecule has 0 saturated heterocycles. The number of anilines is 2. The Balaban J connectivity index is 1.88. The molecule has 126 valence electrons. The van der Waals surface area contributed by atoms with Gasteiger partial charge in [0.05, 0.1) is 11.9 Å². The van der Waals surface area contributed by atoms with Gasteiger partial charge in [0.1, 0.15) is 0 Å². The largest absolute Gasteiger partial charge is 0.369 e. The summed E-state index contributed by atoms with van der Waals surface area (Å²) in [5, 5.41) is 4.41. The molecule has 0 spiro atoms. The van der Waals surface area contributed by atoms with Crippen LogP contribution in [0.2, 0.25) is 0 Å². The smallest absolute Gasteiger partial charge is 0.0561 e. The second-order valence-electron chi connectivity index (χ2n) is 7.48. The molecule has 0 fully saturated rings. The highest BCUT2D eigenvalue weighted by atomic mass is 15.3. The third-order valence-electron chi connectivity index (χ3n) is 5.19. The Morgan fingerprint density at radius 1 is 1.21 bits per heavy atom. The van der Waals surface area contributed by atoms with E-state index in [9.17, 15) is 0 Å². The van der Waals surface area contributed by atoms with E-state index in [2.05, 4.69) is 62.3 Å². The quantitative estimate of drug-likeness (QED) is 0.624. The van der Waals surface area contributed by atoms with Crippen LogP contribution in [0.1, 0.15) is 49.8 Å². The number of aryl methyl sites for hydroxylation is 1. The maximum absolute atomic E-state index is 4.41. The molecule has 1 N–H and O–H groups in total. The van der Waals surface area contributed by atoms with E-state index < -0.39 is 0 Å². The van der Waals surface area contributed by atoms with Crippen molar-refractivity contribution in [3.63, 3.8) is 0 Å². The molecule has 1 aliphatic rings. The average Bonchev–Trinajstić information content (AvgIpc) is 2.54. The Labute approximate surface area is 145 Å². The van der Waals surface area contributed by atoms with Crippen LogP contribution in [0.25, 0.3) is 0 Å². The topological polar surface area (TPSA) is 27.6 Å². The summed E-state index contributed by atoms with van der Waals surface area (Å²) < 4.78 is 0. The Morgan fingerprint density at radius 3 is 2.62 bits per heavy atom. The first kappa shape index (κ1) is 16.6. The van der Waals surface area contributed by atoms with Gasteiger partial charge in [-0.25, -0.2) is 0 Å². The standard InChI is InChI=1S/C21H27N3/c1-15-11-20-19(16(2)13-21(3,4)24(20)5)12-17(15)14-22-23-18-9-7-6-8-10-18/h6-12,14,16,23H,13H2,1-5H3/b22-14+. The van der Waals surface area contributed by atoms with Crippen molar-refractivity contribution in [2.75, 3.05) is 17.4 Å². The van der Waals surface area contributed by atoms with E-state index >= 15 is 0 Å². The molecule has 1 heterocycles. The molecule has 0 amide bonds. The van der Waals surface area contributed by atoms with Crippen molar-refractivity contribution in [3.8, 4) is 0 Å². The van der Waals surface area contributed by atoms with Crippen molar-refractivity contribution in [2.45, 2.75) is 45.6 Å². The molecule has 0 saturated carbocycles. The molecule has 0 aliphatic carbocycles. The number of hydrazone groups is 1. The zero-order valence-electron chi connectivity index (χ0n) is 15.3. The Kier molecular flexibility index (Phi) is 4.35. The van der Waals surface area contributed by atoms with E-state index in [1.807, 2.05) is 36.5 Å². The lowest BCUT2D eigenvalue weighted by atomic mass is 9.79. The summed E-state index contributed by atoms with van der Waals surface area (Å²) in [5.74, 6) is 0.557. The first-order chi connectivity index (χ1) is 11.4. The number of hydrogen-bond donors (Lipinski definition) is 1. The number of nitrogens with zero attached hydrogens (tertiary/aromatic N) is 2. The van der Waals surface area contributed by atoms with Gasteiger partial charge >= 0.3 is 0 Å². The highest BCUT2D eigenvalue weighted by Crippen LogP contribution is 2.43. The summed E-state index contributed by atoms with van der Waals surface area (Å²) in [6, 6.07) is 14.6. The van der Waals surface area contributed by atoms with E-state index in [0.29, 0.717) is 5.92 Å². The third kappa shape index (κ3) is 3.16. The molecule has 3 rings (SSSR count). The lowest BCUT2D eigenvalue weighted by Crippen LogP contribution is -2.45. The molecular weight excluding hydrogens is 294 g/mol. The van der Waals surface area contributed by atoms with Crippen molar-refractivity contribution in [1.82, 2.24) is 0 Å². The minimum Gasteiger partial charge on any atom is -0.369 e. The Morgan fingerprint density at radius 2 is 1.92 bits per heavy atom. The molecule has 0 radical (unpaired) electrons. The number of benzene rings is 2. The summed E-state index contributed by atoms with van der Waals surface area (Å²) in [7, 11) is 2.20. The van der Waals surface area contributed by atoms with Crippen LogP contribution >= 0.6 is 0 Å². The van der Waals surface area contributed by atoms with Crippen molar-refractivity contribution in [2.24, 2.45) is 5.10 Å². The molecule has 3 heteroatoms. The van der Waals surface area contributed by atoms with Crippen molar-refractivity contribution in [1.29, 1.82) is 0 Å². The van der Waals surface area contributed by atoms with E-state index in [1.54, 1.807) is 0 Å². The fourth-order valence-corrected chi connectivity index (χ4v) is 3.56. The third-order valence-corrected chi connectivity index (χ3v) is 5.19. The van der Waals surface area contributed by atoms with E-state index in [1.165, 1.54) is 28.8 Å². The van der Waals surface area contributed by atoms with Crippen LogP contribution in [0.15, 0.2) is 47.6 Å². The van der Waals surface area contributed by atoms with Gasteiger partial charge in [0.2, 0.25) is 0 Å². The summed E-state index contributed by atoms with van der Waals surface area (Å²) in [6.07, 6.45) is 3.09. The molecule has 1 unspecified atom stereocenters. The summed E-state index contributed by atoms with van der Waals surface area (Å²) >= 11 is 0. The van der Waals surface area contributed by atoms with Gasteiger partial charge in [-0.15, -0.1) is 0 Å². The number of hydrogen-bond acceptors (Lipinski definition) is 3. The van der Waals surface area contributed by atoms with Crippen LogP contribution in [0.5, 0.6) is 0 Å². The van der Waals surface area contributed by atoms with E-state index in [4.69, 9.17) is 0 Å². The molecule has 3 nitrogen and oxygen atoms in total. The summed E-state index contributed by atoms with van der Waals surface area (Å²) in [6.45, 7) is 9.12. The van der Waals surface area contributed by atoms with Crippen LogP contribution in [0, 0.1) is 6.92 Å². The van der Waals surface area contributed by atoms with Crippen LogP contribution in [-0.2, 0) is 0 Å². The van der Waals surface area contributed by atoms with E-state index in [0.717, 1.165) is 5.69 Å². The maximum Gasteiger partial charge on any atom is 0.0561 e. The van der Waals surface area contributed by atoms with Gasteiger partial charge < -0.3 is 4.90 Å². The average molecular weight is 321 g/mol. The second kappa shape index (κ2) is 6.31. The van der Waals surface area contributed by atoms with Gasteiger partial charge in [-0.1, -0.05) is 25.1 Å². The van der Waals surface area contributed by atoms with Crippen LogP contribution in [0.4, 0.5) is 11.4 Å². The zero-order valence-corrected chi connectivity index (χ0v) is 15.3. The fraction of sp³-hybridized carbons (Fsp3) is 0.381. The van der Waals surface area contributed by atoms with Crippen LogP contribution in [0.3, 0.4) is 0 Å². The van der Waals surface area contributed by atoms with Gasteiger partial charge in [0, 0.05) is 18.3 Å². The summed E-state index contributed by atoms with van der Waals surface area (Å²) in [4.78, 5) is 2.42. The Bertz CT molecular complexity index is 747. The van der Waals surface area contributed by atoms with Crippen molar-refractivity contribution < 1.29 is 0 Å². The monoisotopic (exact) mass is 321 g/mol. The molecule has 1 aliphatic heterocycles. The number of nitrogens with one attached hydrogen (secondary N) is 1. The maximum atomic E-state index is 4.41. The number of fused-ring (bicyclic) bond motifs is 1. The highest BCUT2D eigenvalue weighted by molar-refractivity contribution is 5.84. The number of rotatable bonds is 3. The molecule has 2 aromatic carbocycles. The summed E-state index contributed by atoms with van der Waals surface area (Å²) in [5.41, 5.74) is 9.49. The lowest BCUT2D eigenvalue weighted by Gasteiger charge is -2.45. The predicted octanol–water partition coefficient (Wildman–Crippen LogP) is 5.16. The van der Waals surface area contributed by atoms with Gasteiger partial charge in [0.25, 0.3) is 0 Å². The van der Waals surface area contributed by atoms with Crippen molar-refractivity contribution in [3.05, 3.63) is 59.2 Å². The molecule has 0 aromatic heterocycles. The van der Waals surface area contributed by atoms with Gasteiger partial charge in [0.15, 0.2) is 0 Å². The zero-order chi connectivity index (χ0) is 17.3. The minimum atomic E-state index is 0.198. The first-order valence-electron chi connectivity index (χ1n) is 8.61. The van der Waals surface area contributed by atoms with E-state index in [-0.39, 0.29) is 5.54 Å². The molecular formula is C21H27N3. The second-order valence-corrected chi connectivity index (χ2v) is 7.48. The van der Waals surface area contributed by atoms with Crippen LogP contribution < -0.4 is 10.3 Å². The van der Waals surface area contributed by atoms with Crippen LogP contribution in [-0.4, -0.2) is 18.8 Å². The minimum absolute atomic E-state index is 0.198. The molecule has 0 bridgehead atoms. The number of para-hydroxylation sites is 1. The molecule has 2 aromatic rings. The predicted molar refractivity (Wildman–Crippen MR) is 104 cm³/mol. The first-order valence-corrected chi connectivity index (χ1v) is 8.61. The molecule has 24 heavy (non-hydrogen) atoms. The van der Waals surface area contributed by atoms with Gasteiger partial charge in [-0.3, -0.25) is 5.43 Å². The van der Waals surface area contributed by atoms with Gasteiger partial charge in [-0.2, -0.15) is 5.10 Å². The Hall–Kier alpha value is -2.29. The molecule has 1 atom stereocenters. The lowest BCUT2D eigenvalue weighted by molar-refractivity contribution is 0.395. The SMILES string of the molecule is Cc1cc2c(cc1/C=N/Nc1ccccc1)C(C)CC(C)(C)N2C. The van der Waals surface area contributed by atoms with Crippen molar-refractivity contribution >= 4 is 17.6 Å². The van der Waals surface area contributed by atoms with Gasteiger partial charge in [-0.05, 0) is 74.1 Å². The fourth-order valence-electron chi connectivity index (χ4n) is 3.56. The highest BCUT2D eigenvalue weighted by Gasteiger charge is 2.34.